The number of rotatable bonds is 5. The highest BCUT2D eigenvalue weighted by Gasteiger charge is 2.08. The van der Waals surface area contributed by atoms with Crippen LogP contribution < -0.4 is 15.8 Å². The SMILES string of the molecule is CC(C)Oc1nccc(NCc2ccccc2)c1N. The van der Waals surface area contributed by atoms with Crippen LogP contribution in [0.15, 0.2) is 42.6 Å². The summed E-state index contributed by atoms with van der Waals surface area (Å²) in [6.07, 6.45) is 1.75. The topological polar surface area (TPSA) is 60.2 Å². The van der Waals surface area contributed by atoms with E-state index >= 15 is 0 Å². The predicted octanol–water partition coefficient (Wildman–Crippen LogP) is 3.06. The van der Waals surface area contributed by atoms with Crippen LogP contribution in [-0.4, -0.2) is 11.1 Å². The Morgan fingerprint density at radius 1 is 1.21 bits per heavy atom. The maximum Gasteiger partial charge on any atom is 0.239 e. The summed E-state index contributed by atoms with van der Waals surface area (Å²) in [5.41, 5.74) is 8.64. The second-order valence-electron chi connectivity index (χ2n) is 4.58. The molecule has 0 aliphatic heterocycles. The molecule has 4 heteroatoms. The Bertz CT molecular complexity index is 526. The Hall–Kier alpha value is -2.23. The van der Waals surface area contributed by atoms with E-state index in [2.05, 4.69) is 22.4 Å². The van der Waals surface area contributed by atoms with Gasteiger partial charge in [-0.25, -0.2) is 4.98 Å². The summed E-state index contributed by atoms with van der Waals surface area (Å²) in [5, 5.41) is 3.30. The molecule has 19 heavy (non-hydrogen) atoms. The molecule has 1 aromatic heterocycles. The van der Waals surface area contributed by atoms with E-state index in [9.17, 15) is 0 Å². The molecule has 0 fully saturated rings. The first-order valence-electron chi connectivity index (χ1n) is 6.35. The molecule has 2 rings (SSSR count). The summed E-state index contributed by atoms with van der Waals surface area (Å²) >= 11 is 0. The van der Waals surface area contributed by atoms with Gasteiger partial charge in [-0.2, -0.15) is 0 Å². The van der Waals surface area contributed by atoms with E-state index in [1.54, 1.807) is 6.20 Å². The van der Waals surface area contributed by atoms with Crippen molar-refractivity contribution in [3.8, 4) is 5.88 Å². The Morgan fingerprint density at radius 2 is 1.95 bits per heavy atom. The number of pyridine rings is 1. The van der Waals surface area contributed by atoms with E-state index in [0.29, 0.717) is 11.6 Å². The second-order valence-corrected chi connectivity index (χ2v) is 4.58. The molecule has 0 radical (unpaired) electrons. The number of nitrogens with one attached hydrogen (secondary N) is 1. The van der Waals surface area contributed by atoms with Crippen molar-refractivity contribution in [3.63, 3.8) is 0 Å². The van der Waals surface area contributed by atoms with Gasteiger partial charge in [0.1, 0.15) is 5.69 Å². The molecule has 0 unspecified atom stereocenters. The minimum atomic E-state index is 0.0548. The fourth-order valence-electron chi connectivity index (χ4n) is 1.72. The number of hydrogen-bond acceptors (Lipinski definition) is 4. The molecule has 0 saturated heterocycles. The predicted molar refractivity (Wildman–Crippen MR) is 78.2 cm³/mol. The van der Waals surface area contributed by atoms with E-state index in [-0.39, 0.29) is 6.10 Å². The number of aromatic nitrogens is 1. The molecular formula is C15H19N3O. The van der Waals surface area contributed by atoms with Gasteiger partial charge in [-0.15, -0.1) is 0 Å². The molecule has 0 saturated carbocycles. The largest absolute Gasteiger partial charge is 0.473 e. The zero-order valence-electron chi connectivity index (χ0n) is 11.3. The van der Waals surface area contributed by atoms with Crippen LogP contribution in [0.25, 0.3) is 0 Å². The van der Waals surface area contributed by atoms with E-state index in [1.165, 1.54) is 5.56 Å². The first-order valence-corrected chi connectivity index (χ1v) is 6.35. The third kappa shape index (κ3) is 3.61. The van der Waals surface area contributed by atoms with Crippen molar-refractivity contribution in [2.24, 2.45) is 0 Å². The van der Waals surface area contributed by atoms with Gasteiger partial charge in [0, 0.05) is 12.7 Å². The minimum absolute atomic E-state index is 0.0548. The van der Waals surface area contributed by atoms with Crippen LogP contribution in [0.1, 0.15) is 19.4 Å². The lowest BCUT2D eigenvalue weighted by Gasteiger charge is -2.14. The van der Waals surface area contributed by atoms with Crippen molar-refractivity contribution >= 4 is 11.4 Å². The average Bonchev–Trinajstić information content (AvgIpc) is 2.40. The van der Waals surface area contributed by atoms with E-state index in [0.717, 1.165) is 12.2 Å². The molecule has 0 spiro atoms. The standard InChI is InChI=1S/C15H19N3O/c1-11(2)19-15-14(16)13(8-9-17-15)18-10-12-6-4-3-5-7-12/h3-9,11H,10,16H2,1-2H3,(H,17,18). The highest BCUT2D eigenvalue weighted by molar-refractivity contribution is 5.70. The van der Waals surface area contributed by atoms with Crippen molar-refractivity contribution in [3.05, 3.63) is 48.2 Å². The Kier molecular flexibility index (Phi) is 4.23. The van der Waals surface area contributed by atoms with Gasteiger partial charge < -0.3 is 15.8 Å². The number of nitrogens with two attached hydrogens (primary N) is 1. The number of benzene rings is 1. The molecule has 0 atom stereocenters. The molecule has 100 valence electrons. The van der Waals surface area contributed by atoms with Crippen molar-refractivity contribution in [2.45, 2.75) is 26.5 Å². The molecule has 2 aromatic rings. The van der Waals surface area contributed by atoms with Gasteiger partial charge in [-0.3, -0.25) is 0 Å². The molecule has 4 nitrogen and oxygen atoms in total. The van der Waals surface area contributed by atoms with Gasteiger partial charge in [0.05, 0.1) is 11.8 Å². The maximum atomic E-state index is 6.05. The number of ether oxygens (including phenoxy) is 1. The van der Waals surface area contributed by atoms with Crippen LogP contribution in [0.2, 0.25) is 0 Å². The van der Waals surface area contributed by atoms with Crippen molar-refractivity contribution in [1.82, 2.24) is 4.98 Å². The monoisotopic (exact) mass is 257 g/mol. The van der Waals surface area contributed by atoms with Gasteiger partial charge >= 0.3 is 0 Å². The molecule has 3 N–H and O–H groups in total. The second kappa shape index (κ2) is 6.09. The summed E-state index contributed by atoms with van der Waals surface area (Å²) in [7, 11) is 0. The summed E-state index contributed by atoms with van der Waals surface area (Å²) in [4.78, 5) is 4.15. The molecule has 1 aromatic carbocycles. The zero-order chi connectivity index (χ0) is 13.7. The van der Waals surface area contributed by atoms with Gasteiger partial charge in [0.2, 0.25) is 5.88 Å². The van der Waals surface area contributed by atoms with Crippen LogP contribution in [0, 0.1) is 0 Å². The summed E-state index contributed by atoms with van der Waals surface area (Å²) in [5.74, 6) is 0.480. The maximum absolute atomic E-state index is 6.05. The van der Waals surface area contributed by atoms with Crippen molar-refractivity contribution in [2.75, 3.05) is 11.1 Å². The smallest absolute Gasteiger partial charge is 0.239 e. The lowest BCUT2D eigenvalue weighted by molar-refractivity contribution is 0.234. The number of nitrogens with zero attached hydrogens (tertiary/aromatic N) is 1. The average molecular weight is 257 g/mol. The fraction of sp³-hybridized carbons (Fsp3) is 0.267. The molecule has 0 bridgehead atoms. The quantitative estimate of drug-likeness (QED) is 0.864. The number of hydrogen-bond donors (Lipinski definition) is 2. The van der Waals surface area contributed by atoms with Gasteiger partial charge in [0.25, 0.3) is 0 Å². The normalized spacial score (nSPS) is 10.5. The van der Waals surface area contributed by atoms with Crippen molar-refractivity contribution in [1.29, 1.82) is 0 Å². The molecule has 0 aliphatic rings. The first-order chi connectivity index (χ1) is 9.16. The summed E-state index contributed by atoms with van der Waals surface area (Å²) in [6.45, 7) is 4.62. The van der Waals surface area contributed by atoms with Crippen LogP contribution >= 0.6 is 0 Å². The van der Waals surface area contributed by atoms with Crippen molar-refractivity contribution < 1.29 is 4.74 Å². The molecular weight excluding hydrogens is 238 g/mol. The Labute approximate surface area is 113 Å². The van der Waals surface area contributed by atoms with E-state index in [1.807, 2.05) is 38.1 Å². The van der Waals surface area contributed by atoms with Gasteiger partial charge in [-0.05, 0) is 25.5 Å². The van der Waals surface area contributed by atoms with E-state index < -0.39 is 0 Å². The molecule has 1 heterocycles. The number of nitrogen functional groups attached to an aromatic ring is 1. The third-order valence-electron chi connectivity index (χ3n) is 2.63. The van der Waals surface area contributed by atoms with Crippen LogP contribution in [0.3, 0.4) is 0 Å². The zero-order valence-corrected chi connectivity index (χ0v) is 11.3. The fourth-order valence-corrected chi connectivity index (χ4v) is 1.72. The molecule has 0 aliphatic carbocycles. The number of anilines is 2. The molecule has 0 amide bonds. The lowest BCUT2D eigenvalue weighted by atomic mass is 10.2. The van der Waals surface area contributed by atoms with Crippen LogP contribution in [0.4, 0.5) is 11.4 Å². The van der Waals surface area contributed by atoms with Gasteiger partial charge in [0.15, 0.2) is 0 Å². The Balaban J connectivity index is 2.08. The van der Waals surface area contributed by atoms with E-state index in [4.69, 9.17) is 10.5 Å². The van der Waals surface area contributed by atoms with Crippen LogP contribution in [0.5, 0.6) is 5.88 Å². The summed E-state index contributed by atoms with van der Waals surface area (Å²) < 4.78 is 5.56. The highest BCUT2D eigenvalue weighted by atomic mass is 16.5. The first kappa shape index (κ1) is 13.2. The highest BCUT2D eigenvalue weighted by Crippen LogP contribution is 2.27. The summed E-state index contributed by atoms with van der Waals surface area (Å²) in [6, 6.07) is 12.0. The van der Waals surface area contributed by atoms with Crippen LogP contribution in [-0.2, 0) is 6.54 Å². The third-order valence-corrected chi connectivity index (χ3v) is 2.63. The Morgan fingerprint density at radius 3 is 2.63 bits per heavy atom. The lowest BCUT2D eigenvalue weighted by Crippen LogP contribution is -2.10. The minimum Gasteiger partial charge on any atom is -0.473 e. The van der Waals surface area contributed by atoms with Gasteiger partial charge in [-0.1, -0.05) is 30.3 Å².